The molecule has 170 valence electrons. The zero-order valence-electron chi connectivity index (χ0n) is 18.3. The van der Waals surface area contributed by atoms with E-state index in [9.17, 15) is 18.0 Å². The second kappa shape index (κ2) is 8.68. The van der Waals surface area contributed by atoms with Gasteiger partial charge in [-0.2, -0.15) is 0 Å². The molecule has 0 aromatic heterocycles. The summed E-state index contributed by atoms with van der Waals surface area (Å²) in [5.74, 6) is 0.147. The van der Waals surface area contributed by atoms with Crippen LogP contribution >= 0.6 is 0 Å². The zero-order chi connectivity index (χ0) is 22.2. The third-order valence-corrected chi connectivity index (χ3v) is 9.27. The Morgan fingerprint density at radius 1 is 1.10 bits per heavy atom. The summed E-state index contributed by atoms with van der Waals surface area (Å²) in [5.41, 5.74) is 3.82. The minimum absolute atomic E-state index is 0.00466. The average Bonchev–Trinajstić information content (AvgIpc) is 3.18. The third-order valence-electron chi connectivity index (χ3n) is 7.00. The first kappa shape index (κ1) is 21.9. The zero-order valence-corrected chi connectivity index (χ0v) is 19.1. The summed E-state index contributed by atoms with van der Waals surface area (Å²) < 4.78 is 24.8. The number of hydrogen-bond acceptors (Lipinski definition) is 5. The molecule has 0 spiro atoms. The van der Waals surface area contributed by atoms with Gasteiger partial charge in [0.2, 0.25) is 5.91 Å². The topological polar surface area (TPSA) is 98.8 Å². The maximum atomic E-state index is 12.6. The molecule has 9 heteroatoms. The van der Waals surface area contributed by atoms with E-state index in [1.165, 1.54) is 16.8 Å². The third kappa shape index (κ3) is 4.51. The molecule has 31 heavy (non-hydrogen) atoms. The van der Waals surface area contributed by atoms with Crippen molar-refractivity contribution >= 4 is 27.5 Å². The van der Waals surface area contributed by atoms with Crippen LogP contribution < -0.4 is 15.5 Å². The molecule has 3 saturated heterocycles. The number of nitrogens with zero attached hydrogens (tertiary/aromatic N) is 2. The van der Waals surface area contributed by atoms with E-state index >= 15 is 0 Å². The van der Waals surface area contributed by atoms with Gasteiger partial charge in [-0.05, 0) is 43.9 Å². The maximum Gasteiger partial charge on any atom is 0.315 e. The number of benzene rings is 1. The number of aryl methyl sites for hydroxylation is 1. The number of amides is 3. The maximum absolute atomic E-state index is 12.6. The summed E-state index contributed by atoms with van der Waals surface area (Å²) in [4.78, 5) is 28.4. The highest BCUT2D eigenvalue weighted by Gasteiger charge is 2.51. The van der Waals surface area contributed by atoms with Crippen molar-refractivity contribution in [1.82, 2.24) is 15.5 Å². The molecule has 8 nitrogen and oxygen atoms in total. The van der Waals surface area contributed by atoms with Crippen LogP contribution in [0.15, 0.2) is 18.2 Å². The lowest BCUT2D eigenvalue weighted by atomic mass is 10.0. The van der Waals surface area contributed by atoms with Gasteiger partial charge in [0.1, 0.15) is 0 Å². The second-order valence-electron chi connectivity index (χ2n) is 8.95. The molecule has 4 rings (SSSR count). The molecule has 1 aromatic rings. The molecule has 0 aliphatic carbocycles. The van der Waals surface area contributed by atoms with Crippen LogP contribution in [-0.2, 0) is 14.6 Å². The predicted molar refractivity (Wildman–Crippen MR) is 120 cm³/mol. The number of anilines is 1. The van der Waals surface area contributed by atoms with Crippen molar-refractivity contribution in [2.45, 2.75) is 56.9 Å². The summed E-state index contributed by atoms with van der Waals surface area (Å²) >= 11 is 0. The van der Waals surface area contributed by atoms with Crippen LogP contribution in [-0.4, -0.2) is 74.5 Å². The highest BCUT2D eigenvalue weighted by molar-refractivity contribution is 7.92. The Kier molecular flexibility index (Phi) is 6.14. The van der Waals surface area contributed by atoms with Gasteiger partial charge in [-0.15, -0.1) is 0 Å². The van der Waals surface area contributed by atoms with Crippen molar-refractivity contribution in [2.24, 2.45) is 0 Å². The van der Waals surface area contributed by atoms with Gasteiger partial charge in [-0.1, -0.05) is 18.6 Å². The Balaban J connectivity index is 1.21. The fraction of sp³-hybridized carbons (Fsp3) is 0.636. The van der Waals surface area contributed by atoms with Crippen molar-refractivity contribution in [2.75, 3.05) is 36.8 Å². The van der Waals surface area contributed by atoms with E-state index in [2.05, 4.69) is 47.6 Å². The van der Waals surface area contributed by atoms with Gasteiger partial charge < -0.3 is 20.4 Å². The summed E-state index contributed by atoms with van der Waals surface area (Å²) in [7, 11) is -3.21. The monoisotopic (exact) mass is 448 g/mol. The van der Waals surface area contributed by atoms with Crippen LogP contribution in [0.2, 0.25) is 0 Å². The van der Waals surface area contributed by atoms with Crippen molar-refractivity contribution in [1.29, 1.82) is 0 Å². The number of carbonyl (C=O) groups is 2. The summed E-state index contributed by atoms with van der Waals surface area (Å²) in [6.07, 6.45) is 2.26. The molecule has 3 heterocycles. The van der Waals surface area contributed by atoms with Crippen molar-refractivity contribution < 1.29 is 18.0 Å². The highest BCUT2D eigenvalue weighted by Crippen LogP contribution is 2.29. The Labute approximate surface area is 184 Å². The van der Waals surface area contributed by atoms with Gasteiger partial charge >= 0.3 is 6.03 Å². The first-order valence-corrected chi connectivity index (χ1v) is 12.9. The van der Waals surface area contributed by atoms with Gasteiger partial charge in [-0.3, -0.25) is 4.79 Å². The summed E-state index contributed by atoms with van der Waals surface area (Å²) in [6.45, 7) is 7.34. The SMILES string of the molecule is Cc1cccc(N2CCN(C(=O)CCCC[C@@H]3[C@H]4NC(=O)N[C@H]4CS3(=O)=O)CC2)c1C. The quantitative estimate of drug-likeness (QED) is 0.506. The van der Waals surface area contributed by atoms with Gasteiger partial charge in [0.15, 0.2) is 9.84 Å². The molecule has 3 aliphatic rings. The van der Waals surface area contributed by atoms with Crippen LogP contribution in [0.4, 0.5) is 10.5 Å². The minimum Gasteiger partial charge on any atom is -0.368 e. The van der Waals surface area contributed by atoms with Crippen LogP contribution in [0.3, 0.4) is 0 Å². The number of fused-ring (bicyclic) bond motifs is 1. The summed E-state index contributed by atoms with van der Waals surface area (Å²) in [6, 6.07) is 5.39. The van der Waals surface area contributed by atoms with E-state index in [0.29, 0.717) is 38.8 Å². The lowest BCUT2D eigenvalue weighted by Gasteiger charge is -2.37. The molecule has 0 bridgehead atoms. The van der Waals surface area contributed by atoms with E-state index < -0.39 is 15.1 Å². The molecule has 3 atom stereocenters. The lowest BCUT2D eigenvalue weighted by molar-refractivity contribution is -0.131. The molecular formula is C22H32N4O4S. The number of urea groups is 1. The van der Waals surface area contributed by atoms with Gasteiger partial charge in [-0.25, -0.2) is 13.2 Å². The smallest absolute Gasteiger partial charge is 0.315 e. The van der Waals surface area contributed by atoms with E-state index in [1.54, 1.807) is 0 Å². The van der Waals surface area contributed by atoms with E-state index in [1.807, 2.05) is 4.90 Å². The Bertz CT molecular complexity index is 956. The fourth-order valence-electron chi connectivity index (χ4n) is 5.06. The number of carbonyl (C=O) groups excluding carboxylic acids is 2. The normalized spacial score (nSPS) is 27.0. The number of piperazine rings is 1. The number of hydrogen-bond donors (Lipinski definition) is 2. The molecule has 2 N–H and O–H groups in total. The summed E-state index contributed by atoms with van der Waals surface area (Å²) in [5, 5.41) is 4.87. The average molecular weight is 449 g/mol. The van der Waals surface area contributed by atoms with E-state index in [0.717, 1.165) is 13.1 Å². The molecule has 0 radical (unpaired) electrons. The standard InChI is InChI=1S/C22H32N4O4S/c1-15-6-5-7-18(16(15)2)25-10-12-26(13-11-25)20(27)9-4-3-8-19-21-17(14-31(19,29)30)23-22(28)24-21/h5-7,17,19,21H,3-4,8-14H2,1-2H3,(H2,23,24,28)/t17-,19+,21-/m0/s1. The van der Waals surface area contributed by atoms with Crippen molar-refractivity contribution in [3.05, 3.63) is 29.3 Å². The van der Waals surface area contributed by atoms with Crippen LogP contribution in [0.5, 0.6) is 0 Å². The predicted octanol–water partition coefficient (Wildman–Crippen LogP) is 1.36. The van der Waals surface area contributed by atoms with Crippen LogP contribution in [0.1, 0.15) is 36.8 Å². The number of unbranched alkanes of at least 4 members (excludes halogenated alkanes) is 1. The van der Waals surface area contributed by atoms with Gasteiger partial charge in [0.05, 0.1) is 23.1 Å². The number of nitrogens with one attached hydrogen (secondary N) is 2. The van der Waals surface area contributed by atoms with Crippen molar-refractivity contribution in [3.63, 3.8) is 0 Å². The molecular weight excluding hydrogens is 416 g/mol. The van der Waals surface area contributed by atoms with Gasteiger partial charge in [0, 0.05) is 38.3 Å². The Morgan fingerprint density at radius 3 is 2.58 bits per heavy atom. The first-order valence-electron chi connectivity index (χ1n) is 11.1. The number of sulfone groups is 1. The van der Waals surface area contributed by atoms with Crippen LogP contribution in [0.25, 0.3) is 0 Å². The van der Waals surface area contributed by atoms with E-state index in [-0.39, 0.29) is 29.8 Å². The molecule has 3 fully saturated rings. The highest BCUT2D eigenvalue weighted by atomic mass is 32.2. The van der Waals surface area contributed by atoms with E-state index in [4.69, 9.17) is 0 Å². The first-order chi connectivity index (χ1) is 14.8. The lowest BCUT2D eigenvalue weighted by Crippen LogP contribution is -2.49. The largest absolute Gasteiger partial charge is 0.368 e. The van der Waals surface area contributed by atoms with Crippen molar-refractivity contribution in [3.8, 4) is 0 Å². The fourth-order valence-corrected chi connectivity index (χ4v) is 7.33. The minimum atomic E-state index is -3.21. The number of rotatable bonds is 6. The van der Waals surface area contributed by atoms with Gasteiger partial charge in [0.25, 0.3) is 0 Å². The second-order valence-corrected chi connectivity index (χ2v) is 11.2. The van der Waals surface area contributed by atoms with Crippen LogP contribution in [0, 0.1) is 13.8 Å². The molecule has 0 saturated carbocycles. The Morgan fingerprint density at radius 2 is 1.84 bits per heavy atom. The molecule has 3 aliphatic heterocycles. The molecule has 3 amide bonds. The Hall–Kier alpha value is -2.29. The molecule has 0 unspecified atom stereocenters. The molecule has 1 aromatic carbocycles.